The van der Waals surface area contributed by atoms with Crippen molar-refractivity contribution in [2.45, 2.75) is 19.2 Å². The SMILES string of the molecule is CC.CN1CC(SCCO)NC=C1N. The minimum atomic E-state index is 0.228. The molecule has 0 spiro atoms. The van der Waals surface area contributed by atoms with Crippen molar-refractivity contribution in [3.63, 3.8) is 0 Å². The number of hydrogen-bond acceptors (Lipinski definition) is 5. The number of nitrogens with zero attached hydrogens (tertiary/aromatic N) is 1. The highest BCUT2D eigenvalue weighted by molar-refractivity contribution is 7.99. The minimum Gasteiger partial charge on any atom is -0.396 e. The van der Waals surface area contributed by atoms with Gasteiger partial charge in [0.25, 0.3) is 0 Å². The van der Waals surface area contributed by atoms with Crippen molar-refractivity contribution >= 4 is 11.8 Å². The Hall–Kier alpha value is -0.550. The van der Waals surface area contributed by atoms with E-state index < -0.39 is 0 Å². The van der Waals surface area contributed by atoms with Gasteiger partial charge >= 0.3 is 0 Å². The second kappa shape index (κ2) is 7.82. The number of rotatable bonds is 3. The van der Waals surface area contributed by atoms with Crippen molar-refractivity contribution in [1.82, 2.24) is 10.2 Å². The average molecular weight is 219 g/mol. The molecule has 1 unspecified atom stereocenters. The molecular formula is C9H21N3OS. The maximum absolute atomic E-state index is 8.61. The van der Waals surface area contributed by atoms with Crippen LogP contribution in [0.25, 0.3) is 0 Å². The van der Waals surface area contributed by atoms with Gasteiger partial charge in [-0.2, -0.15) is 0 Å². The lowest BCUT2D eigenvalue weighted by molar-refractivity contribution is 0.321. The molecule has 4 nitrogen and oxygen atoms in total. The van der Waals surface area contributed by atoms with Gasteiger partial charge in [0.1, 0.15) is 5.82 Å². The first-order valence-corrected chi connectivity index (χ1v) is 5.94. The van der Waals surface area contributed by atoms with Crippen LogP contribution in [0.1, 0.15) is 13.8 Å². The summed E-state index contributed by atoms with van der Waals surface area (Å²) in [6.07, 6.45) is 1.80. The van der Waals surface area contributed by atoms with Gasteiger partial charge in [-0.05, 0) is 0 Å². The van der Waals surface area contributed by atoms with Gasteiger partial charge < -0.3 is 21.1 Å². The quantitative estimate of drug-likeness (QED) is 0.639. The molecular weight excluding hydrogens is 198 g/mol. The highest BCUT2D eigenvalue weighted by Gasteiger charge is 2.15. The number of hydrogen-bond donors (Lipinski definition) is 3. The lowest BCUT2D eigenvalue weighted by Gasteiger charge is -2.30. The lowest BCUT2D eigenvalue weighted by atomic mass is 10.4. The summed E-state index contributed by atoms with van der Waals surface area (Å²) in [6, 6.07) is 0. The molecule has 0 aromatic rings. The van der Waals surface area contributed by atoms with Crippen molar-refractivity contribution in [3.8, 4) is 0 Å². The largest absolute Gasteiger partial charge is 0.396 e. The number of nitrogens with two attached hydrogens (primary N) is 1. The Kier molecular flexibility index (Phi) is 7.51. The van der Waals surface area contributed by atoms with Crippen LogP contribution in [0.2, 0.25) is 0 Å². The fraction of sp³-hybridized carbons (Fsp3) is 0.778. The van der Waals surface area contributed by atoms with Gasteiger partial charge in [0.15, 0.2) is 0 Å². The molecule has 0 bridgehead atoms. The van der Waals surface area contributed by atoms with E-state index in [1.54, 1.807) is 18.0 Å². The van der Waals surface area contributed by atoms with Crippen LogP contribution in [0, 0.1) is 0 Å². The summed E-state index contributed by atoms with van der Waals surface area (Å²) >= 11 is 1.70. The normalized spacial score (nSPS) is 20.4. The summed E-state index contributed by atoms with van der Waals surface area (Å²) in [5, 5.41) is 12.1. The molecule has 0 aromatic carbocycles. The molecule has 1 aliphatic heterocycles. The number of nitrogens with one attached hydrogen (secondary N) is 1. The maximum atomic E-state index is 8.61. The number of aliphatic hydroxyl groups is 1. The first-order chi connectivity index (χ1) is 6.74. The molecule has 1 rings (SSSR count). The third-order valence-electron chi connectivity index (χ3n) is 1.71. The third-order valence-corrected chi connectivity index (χ3v) is 2.81. The predicted octanol–water partition coefficient (Wildman–Crippen LogP) is 0.357. The van der Waals surface area contributed by atoms with Gasteiger partial charge in [-0.25, -0.2) is 0 Å². The fourth-order valence-corrected chi connectivity index (χ4v) is 1.87. The molecule has 1 heterocycles. The lowest BCUT2D eigenvalue weighted by Crippen LogP contribution is -2.42. The molecule has 0 fully saturated rings. The Balaban J connectivity index is 0.000000791. The Morgan fingerprint density at radius 3 is 2.86 bits per heavy atom. The average Bonchev–Trinajstić information content (AvgIpc) is 2.23. The van der Waals surface area contributed by atoms with Crippen LogP contribution >= 0.6 is 11.8 Å². The summed E-state index contributed by atoms with van der Waals surface area (Å²) in [5.41, 5.74) is 5.64. The van der Waals surface area contributed by atoms with E-state index in [0.29, 0.717) is 5.37 Å². The van der Waals surface area contributed by atoms with Crippen LogP contribution in [0.3, 0.4) is 0 Å². The van der Waals surface area contributed by atoms with Gasteiger partial charge in [-0.1, -0.05) is 13.8 Å². The molecule has 0 radical (unpaired) electrons. The molecule has 84 valence electrons. The third kappa shape index (κ3) is 4.62. The molecule has 0 saturated heterocycles. The minimum absolute atomic E-state index is 0.228. The van der Waals surface area contributed by atoms with Gasteiger partial charge in [-0.15, -0.1) is 11.8 Å². The summed E-state index contributed by atoms with van der Waals surface area (Å²) in [6.45, 7) is 5.11. The molecule has 14 heavy (non-hydrogen) atoms. The Morgan fingerprint density at radius 2 is 2.36 bits per heavy atom. The van der Waals surface area contributed by atoms with Crippen LogP contribution in [-0.4, -0.2) is 41.3 Å². The number of likely N-dealkylation sites (N-methyl/N-ethyl adjacent to an activating group) is 1. The summed E-state index contributed by atoms with van der Waals surface area (Å²) in [5.74, 6) is 1.52. The smallest absolute Gasteiger partial charge is 0.115 e. The second-order valence-electron chi connectivity index (χ2n) is 2.70. The Morgan fingerprint density at radius 1 is 1.71 bits per heavy atom. The predicted molar refractivity (Wildman–Crippen MR) is 62.7 cm³/mol. The zero-order valence-electron chi connectivity index (χ0n) is 9.16. The molecule has 0 aromatic heterocycles. The number of thioether (sulfide) groups is 1. The summed E-state index contributed by atoms with van der Waals surface area (Å²) < 4.78 is 0. The molecule has 0 saturated carbocycles. The first kappa shape index (κ1) is 13.4. The Labute approximate surface area is 90.5 Å². The first-order valence-electron chi connectivity index (χ1n) is 4.89. The number of aliphatic hydroxyl groups excluding tert-OH is 1. The van der Waals surface area contributed by atoms with Crippen molar-refractivity contribution in [3.05, 3.63) is 12.0 Å². The van der Waals surface area contributed by atoms with Crippen molar-refractivity contribution in [1.29, 1.82) is 0 Å². The maximum Gasteiger partial charge on any atom is 0.115 e. The van der Waals surface area contributed by atoms with Crippen molar-refractivity contribution in [2.75, 3.05) is 26.0 Å². The van der Waals surface area contributed by atoms with Crippen molar-refractivity contribution in [2.24, 2.45) is 5.73 Å². The van der Waals surface area contributed by atoms with E-state index >= 15 is 0 Å². The summed E-state index contributed by atoms with van der Waals surface area (Å²) in [7, 11) is 1.96. The van der Waals surface area contributed by atoms with Gasteiger partial charge in [0, 0.05) is 25.5 Å². The highest BCUT2D eigenvalue weighted by Crippen LogP contribution is 2.13. The molecule has 1 aliphatic rings. The van der Waals surface area contributed by atoms with Gasteiger partial charge in [-0.3, -0.25) is 0 Å². The van der Waals surface area contributed by atoms with E-state index in [2.05, 4.69) is 5.32 Å². The Bertz CT molecular complexity index is 175. The fourth-order valence-electron chi connectivity index (χ4n) is 0.991. The van der Waals surface area contributed by atoms with Crippen LogP contribution in [0.5, 0.6) is 0 Å². The van der Waals surface area contributed by atoms with E-state index in [0.717, 1.165) is 18.1 Å². The van der Waals surface area contributed by atoms with E-state index in [1.807, 2.05) is 25.8 Å². The molecule has 4 N–H and O–H groups in total. The zero-order valence-corrected chi connectivity index (χ0v) is 9.97. The second-order valence-corrected chi connectivity index (χ2v) is 4.01. The van der Waals surface area contributed by atoms with E-state index in [1.165, 1.54) is 0 Å². The molecule has 0 amide bonds. The van der Waals surface area contributed by atoms with Crippen LogP contribution in [0.15, 0.2) is 12.0 Å². The monoisotopic (exact) mass is 219 g/mol. The molecule has 0 aliphatic carbocycles. The highest BCUT2D eigenvalue weighted by atomic mass is 32.2. The molecule has 5 heteroatoms. The topological polar surface area (TPSA) is 61.5 Å². The van der Waals surface area contributed by atoms with E-state index in [-0.39, 0.29) is 6.61 Å². The molecule has 1 atom stereocenters. The standard InChI is InChI=1S/C7H15N3OS.C2H6/c1-10-5-7(12-3-2-11)9-4-6(10)8;1-2/h4,7,9,11H,2-3,5,8H2,1H3;1-2H3. The zero-order chi connectivity index (χ0) is 11.0. The van der Waals surface area contributed by atoms with Crippen LogP contribution < -0.4 is 11.1 Å². The van der Waals surface area contributed by atoms with E-state index in [4.69, 9.17) is 10.8 Å². The van der Waals surface area contributed by atoms with Crippen molar-refractivity contribution < 1.29 is 5.11 Å². The van der Waals surface area contributed by atoms with E-state index in [9.17, 15) is 0 Å². The van der Waals surface area contributed by atoms with Gasteiger partial charge in [0.05, 0.1) is 12.0 Å². The van der Waals surface area contributed by atoms with Gasteiger partial charge in [0.2, 0.25) is 0 Å². The summed E-state index contributed by atoms with van der Waals surface area (Å²) in [4.78, 5) is 1.99. The van der Waals surface area contributed by atoms with Crippen LogP contribution in [-0.2, 0) is 0 Å². The van der Waals surface area contributed by atoms with Crippen LogP contribution in [0.4, 0.5) is 0 Å².